The number of carbonyl (C=O) groups excluding carboxylic acids is 1. The molecule has 11 heteroatoms. The van der Waals surface area contributed by atoms with Crippen LogP contribution >= 0.6 is 10.2 Å². The molecule has 1 aromatic heterocycles. The van der Waals surface area contributed by atoms with Gasteiger partial charge in [0.2, 0.25) is 5.91 Å². The third-order valence-electron chi connectivity index (χ3n) is 5.88. The highest BCUT2D eigenvalue weighted by molar-refractivity contribution is 8.45. The predicted octanol–water partition coefficient (Wildman–Crippen LogP) is 5.17. The van der Waals surface area contributed by atoms with Crippen LogP contribution in [0.4, 0.5) is 25.1 Å². The summed E-state index contributed by atoms with van der Waals surface area (Å²) in [5.74, 6) is -0.226. The van der Waals surface area contributed by atoms with E-state index in [9.17, 15) is 24.2 Å². The minimum atomic E-state index is -9.77. The number of rotatable bonds is 5. The Kier molecular flexibility index (Phi) is 4.61. The van der Waals surface area contributed by atoms with E-state index >= 15 is 0 Å². The summed E-state index contributed by atoms with van der Waals surface area (Å²) < 4.78 is 70.6. The highest BCUT2D eigenvalue weighted by Gasteiger charge is 2.65. The molecule has 2 saturated heterocycles. The van der Waals surface area contributed by atoms with Crippen LogP contribution in [0.1, 0.15) is 18.0 Å². The van der Waals surface area contributed by atoms with Gasteiger partial charge in [-0.05, 0) is 36.8 Å². The number of likely N-dealkylation sites (N-methyl/N-ethyl adjacent to an activating group) is 1. The lowest BCUT2D eigenvalue weighted by molar-refractivity contribution is -0.136. The molecule has 0 saturated carbocycles. The van der Waals surface area contributed by atoms with Crippen molar-refractivity contribution < 1.29 is 29.0 Å². The number of likely N-dealkylation sites (tertiary alicyclic amines) is 1. The third kappa shape index (κ3) is 4.33. The predicted molar refractivity (Wildman–Crippen MR) is 108 cm³/mol. The zero-order chi connectivity index (χ0) is 22.6. The van der Waals surface area contributed by atoms with Crippen molar-refractivity contribution >= 4 is 21.8 Å². The normalized spacial score (nSPS) is 21.2. The first-order valence-electron chi connectivity index (χ1n) is 9.62. The van der Waals surface area contributed by atoms with Crippen LogP contribution in [0, 0.1) is 5.41 Å². The maximum atomic E-state index is 13.4. The molecule has 5 nitrogen and oxygen atoms in total. The van der Waals surface area contributed by atoms with Crippen molar-refractivity contribution in [2.75, 3.05) is 38.3 Å². The molecular weight excluding hydrogens is 441 g/mol. The Morgan fingerprint density at radius 1 is 1.16 bits per heavy atom. The van der Waals surface area contributed by atoms with Gasteiger partial charge in [-0.2, -0.15) is 0 Å². The van der Waals surface area contributed by atoms with E-state index in [1.807, 2.05) is 0 Å². The molecule has 1 unspecified atom stereocenters. The quantitative estimate of drug-likeness (QED) is 0.575. The molecule has 1 spiro atoms. The smallest absolute Gasteiger partial charge is 0.310 e. The first-order valence-corrected chi connectivity index (χ1v) is 11.6. The van der Waals surface area contributed by atoms with Crippen LogP contribution < -0.4 is 4.90 Å². The summed E-state index contributed by atoms with van der Waals surface area (Å²) in [5, 5.41) is 0. The van der Waals surface area contributed by atoms with E-state index in [1.54, 1.807) is 30.3 Å². The number of amides is 1. The Morgan fingerprint density at radius 3 is 2.32 bits per heavy atom. The van der Waals surface area contributed by atoms with Gasteiger partial charge in [-0.1, -0.05) is 25.5 Å². The summed E-state index contributed by atoms with van der Waals surface area (Å²) in [6.07, 6.45) is 3.88. The maximum absolute atomic E-state index is 13.4. The fourth-order valence-corrected chi connectivity index (χ4v) is 4.73. The molecule has 2 aromatic rings. The van der Waals surface area contributed by atoms with Gasteiger partial charge < -0.3 is 14.5 Å². The molecule has 4 rings (SSSR count). The minimum Gasteiger partial charge on any atom is -0.380 e. The number of hydrogen-bond donors (Lipinski definition) is 0. The highest BCUT2D eigenvalue weighted by atomic mass is 32.5. The van der Waals surface area contributed by atoms with Crippen LogP contribution in [-0.4, -0.2) is 49.1 Å². The minimum absolute atomic E-state index is 0.0309. The number of ether oxygens (including phenoxy) is 1. The van der Waals surface area contributed by atoms with E-state index in [0.717, 1.165) is 18.6 Å². The zero-order valence-corrected chi connectivity index (χ0v) is 17.5. The molecule has 0 radical (unpaired) electrons. The van der Waals surface area contributed by atoms with Crippen LogP contribution in [-0.2, 0) is 9.53 Å². The average molecular weight is 463 g/mol. The van der Waals surface area contributed by atoms with Gasteiger partial charge in [0.05, 0.1) is 13.2 Å². The Balaban J connectivity index is 1.64. The molecule has 2 fully saturated rings. The van der Waals surface area contributed by atoms with Gasteiger partial charge in [0.1, 0.15) is 10.9 Å². The largest absolute Gasteiger partial charge is 0.380 e. The van der Waals surface area contributed by atoms with Gasteiger partial charge in [-0.25, -0.2) is 0 Å². The molecule has 3 heterocycles. The van der Waals surface area contributed by atoms with Crippen LogP contribution in [0.2, 0.25) is 0 Å². The standard InChI is InChI=1S/C20H22F5N3O2S/c1-27(16-4-6-17(7-5-16)31(21,22,23,24)25)18(15-3-2-9-26-11-15)19(29)28-10-8-20(12-28)13-30-14-20/h2-7,9,11,18H,8,10,12-14H2,1H3. The summed E-state index contributed by atoms with van der Waals surface area (Å²) in [7, 11) is -8.22. The molecule has 0 bridgehead atoms. The summed E-state index contributed by atoms with van der Waals surface area (Å²) in [5.41, 5.74) is 0.725. The highest BCUT2D eigenvalue weighted by Crippen LogP contribution is 3.02. The Morgan fingerprint density at radius 2 is 1.84 bits per heavy atom. The first-order chi connectivity index (χ1) is 14.3. The van der Waals surface area contributed by atoms with Crippen molar-refractivity contribution in [2.24, 2.45) is 5.41 Å². The molecule has 31 heavy (non-hydrogen) atoms. The fraction of sp³-hybridized carbons (Fsp3) is 0.400. The lowest BCUT2D eigenvalue weighted by atomic mass is 9.85. The van der Waals surface area contributed by atoms with E-state index in [4.69, 9.17) is 4.74 Å². The number of carbonyl (C=O) groups is 1. The SMILES string of the molecule is CN(c1ccc(S(F)(F)(F)(F)F)cc1)C(C(=O)N1CCC2(COC2)C1)c1cccnc1. The second kappa shape index (κ2) is 6.55. The molecule has 2 aliphatic heterocycles. The fourth-order valence-electron chi connectivity index (χ4n) is 4.08. The number of halogens is 5. The monoisotopic (exact) mass is 463 g/mol. The summed E-state index contributed by atoms with van der Waals surface area (Å²) in [6.45, 7) is 2.29. The van der Waals surface area contributed by atoms with Gasteiger partial charge in [-0.3, -0.25) is 9.78 Å². The lowest BCUT2D eigenvalue weighted by Gasteiger charge is -2.41. The van der Waals surface area contributed by atoms with Crippen LogP contribution in [0.15, 0.2) is 53.7 Å². The number of anilines is 1. The van der Waals surface area contributed by atoms with E-state index in [1.165, 1.54) is 11.1 Å². The number of pyridine rings is 1. The lowest BCUT2D eigenvalue weighted by Crippen LogP contribution is -2.47. The summed E-state index contributed by atoms with van der Waals surface area (Å²) in [4.78, 5) is 18.7. The van der Waals surface area contributed by atoms with Gasteiger partial charge >= 0.3 is 10.2 Å². The molecule has 2 aliphatic rings. The van der Waals surface area contributed by atoms with E-state index in [-0.39, 0.29) is 17.0 Å². The van der Waals surface area contributed by atoms with Crippen molar-refractivity contribution in [2.45, 2.75) is 17.4 Å². The molecule has 0 aliphatic carbocycles. The topological polar surface area (TPSA) is 45.7 Å². The van der Waals surface area contributed by atoms with Crippen molar-refractivity contribution in [3.63, 3.8) is 0 Å². The molecular formula is C20H22F5N3O2S. The average Bonchev–Trinajstić information content (AvgIpc) is 3.14. The summed E-state index contributed by atoms with van der Waals surface area (Å²) in [6, 6.07) is 5.11. The zero-order valence-electron chi connectivity index (χ0n) is 16.7. The third-order valence-corrected chi connectivity index (χ3v) is 7.04. The van der Waals surface area contributed by atoms with Gasteiger partial charge in [0.15, 0.2) is 0 Å². The van der Waals surface area contributed by atoms with Crippen LogP contribution in [0.5, 0.6) is 0 Å². The molecule has 170 valence electrons. The van der Waals surface area contributed by atoms with Gasteiger partial charge in [0, 0.05) is 49.2 Å². The van der Waals surface area contributed by atoms with Gasteiger partial charge in [-0.15, -0.1) is 0 Å². The second-order valence-electron chi connectivity index (χ2n) is 8.27. The van der Waals surface area contributed by atoms with E-state index in [0.29, 0.717) is 44.0 Å². The molecule has 1 aromatic carbocycles. The molecule has 0 N–H and O–H groups in total. The summed E-state index contributed by atoms with van der Waals surface area (Å²) >= 11 is 0. The number of nitrogens with zero attached hydrogens (tertiary/aromatic N) is 3. The second-order valence-corrected chi connectivity index (χ2v) is 10.7. The van der Waals surface area contributed by atoms with Crippen LogP contribution in [0.25, 0.3) is 0 Å². The van der Waals surface area contributed by atoms with E-state index in [2.05, 4.69) is 4.98 Å². The number of aromatic nitrogens is 1. The van der Waals surface area contributed by atoms with Crippen molar-refractivity contribution in [3.8, 4) is 0 Å². The van der Waals surface area contributed by atoms with Crippen LogP contribution in [0.3, 0.4) is 0 Å². The van der Waals surface area contributed by atoms with Crippen molar-refractivity contribution in [1.82, 2.24) is 9.88 Å². The Bertz CT molecular complexity index is 982. The molecule has 1 atom stereocenters. The maximum Gasteiger partial charge on any atom is 0.310 e. The van der Waals surface area contributed by atoms with Gasteiger partial charge in [0.25, 0.3) is 0 Å². The number of benzene rings is 1. The Labute approximate surface area is 176 Å². The number of hydrogen-bond acceptors (Lipinski definition) is 4. The van der Waals surface area contributed by atoms with E-state index < -0.39 is 21.2 Å². The van der Waals surface area contributed by atoms with Crippen molar-refractivity contribution in [3.05, 3.63) is 54.4 Å². The first kappa shape index (κ1) is 21.8. The molecule has 1 amide bonds. The van der Waals surface area contributed by atoms with Crippen molar-refractivity contribution in [1.29, 1.82) is 0 Å². The Hall–Kier alpha value is -2.40.